The van der Waals surface area contributed by atoms with Crippen molar-refractivity contribution in [2.45, 2.75) is 92.5 Å². The van der Waals surface area contributed by atoms with Gasteiger partial charge in [0, 0.05) is 93.5 Å². The SMILES string of the molecule is C1CNCCN1.CO[C@H]1/C=C/O[C@@]2(C)Oc3c(C)c(O)c4c(O)c(c5c(nc6cc(C)ccn65)c4c3C2=O)NC(=O)/C(C)=C\C=C\[C@H](C)[C@H](O)[C@@H](C)[C@@H](O)[C@@H](C)[C@H](OC(C)=O)[C@@H]1C. The van der Waals surface area contributed by atoms with Crippen molar-refractivity contribution < 1.29 is 53.8 Å². The zero-order valence-corrected chi connectivity index (χ0v) is 37.6. The number of aromatic nitrogens is 2. The van der Waals surface area contributed by atoms with Gasteiger partial charge in [0.1, 0.15) is 40.0 Å². The van der Waals surface area contributed by atoms with E-state index in [9.17, 15) is 34.8 Å². The van der Waals surface area contributed by atoms with E-state index >= 15 is 0 Å². The lowest BCUT2D eigenvalue weighted by molar-refractivity contribution is -0.160. The second kappa shape index (κ2) is 19.1. The first-order valence-corrected chi connectivity index (χ1v) is 21.4. The van der Waals surface area contributed by atoms with E-state index in [1.807, 2.05) is 19.1 Å². The minimum atomic E-state index is -1.96. The van der Waals surface area contributed by atoms with Crippen LogP contribution in [0.5, 0.6) is 17.2 Å². The average Bonchev–Trinajstić information content (AvgIpc) is 3.76. The van der Waals surface area contributed by atoms with Gasteiger partial charge in [0.2, 0.25) is 0 Å². The molecule has 0 saturated carbocycles. The highest BCUT2D eigenvalue weighted by Crippen LogP contribution is 2.54. The van der Waals surface area contributed by atoms with Gasteiger partial charge in [0.15, 0.2) is 5.75 Å². The van der Waals surface area contributed by atoms with Gasteiger partial charge < -0.3 is 55.3 Å². The molecule has 7 rings (SSSR count). The maximum Gasteiger partial charge on any atom is 0.312 e. The number of nitrogens with one attached hydrogen (secondary N) is 3. The number of phenols is 2. The molecule has 0 spiro atoms. The lowest BCUT2D eigenvalue weighted by Gasteiger charge is -2.38. The van der Waals surface area contributed by atoms with Crippen LogP contribution >= 0.6 is 0 Å². The number of ether oxygens (including phenoxy) is 4. The number of methoxy groups -OCH3 is 1. The maximum absolute atomic E-state index is 14.6. The minimum absolute atomic E-state index is 0.0185. The second-order valence-corrected chi connectivity index (χ2v) is 17.1. The lowest BCUT2D eigenvalue weighted by atomic mass is 9.78. The molecule has 3 aliphatic rings. The van der Waals surface area contributed by atoms with Crippen molar-refractivity contribution in [3.8, 4) is 17.2 Å². The summed E-state index contributed by atoms with van der Waals surface area (Å²) >= 11 is 0. The summed E-state index contributed by atoms with van der Waals surface area (Å²) in [4.78, 5) is 45.6. The predicted octanol–water partition coefficient (Wildman–Crippen LogP) is 5.34. The number of aliphatic hydroxyl groups excluding tert-OH is 2. The van der Waals surface area contributed by atoms with Crippen molar-refractivity contribution in [2.24, 2.45) is 23.7 Å². The highest BCUT2D eigenvalue weighted by molar-refractivity contribution is 6.28. The number of hydrogen-bond donors (Lipinski definition) is 7. The number of pyridine rings is 1. The number of anilines is 1. The fourth-order valence-corrected chi connectivity index (χ4v) is 8.63. The number of carbonyl (C=O) groups excluding carboxylic acids is 3. The number of aryl methyl sites for hydroxylation is 1. The molecule has 4 aromatic rings. The monoisotopic (exact) mass is 871 g/mol. The molecule has 7 N–H and O–H groups in total. The fourth-order valence-electron chi connectivity index (χ4n) is 8.63. The first kappa shape index (κ1) is 47.0. The van der Waals surface area contributed by atoms with Crippen molar-refractivity contribution in [1.29, 1.82) is 0 Å². The number of phenolic OH excluding ortho intramolecular Hbond substituents is 2. The molecule has 16 heteroatoms. The standard InChI is InChI=1S/C43H51N3O11.C4H10N2/c1-19-14-16-46-28(18-19)44-32-29-30-37(50)25(7)40-31(29)41(52)43(9,57-40)55-17-15-27(54-10)22(4)39(56-26(8)47)24(6)36(49)23(5)35(48)20(2)12-11-13-21(3)42(53)45-33(34(32)46)38(30)51;1-2-6-4-3-5-1/h11-18,20,22-24,27,35-36,39,48-51H,1-10H3,(H,45,53);5-6H,1-4H2/b12-11+,17-15+,21-13-;/t20-,22+,23+,24+,27-,35-,36+,39+,43-;/m0./s1. The summed E-state index contributed by atoms with van der Waals surface area (Å²) < 4.78 is 25.5. The van der Waals surface area contributed by atoms with E-state index in [0.29, 0.717) is 5.65 Å². The zero-order chi connectivity index (χ0) is 46.1. The van der Waals surface area contributed by atoms with Gasteiger partial charge in [-0.05, 0) is 44.5 Å². The summed E-state index contributed by atoms with van der Waals surface area (Å²) in [6.07, 6.45) is 5.62. The van der Waals surface area contributed by atoms with Crippen LogP contribution in [0.3, 0.4) is 0 Å². The molecule has 63 heavy (non-hydrogen) atoms. The van der Waals surface area contributed by atoms with Crippen molar-refractivity contribution in [3.05, 3.63) is 71.2 Å². The highest BCUT2D eigenvalue weighted by atomic mass is 16.7. The lowest BCUT2D eigenvalue weighted by Crippen LogP contribution is -2.46. The number of aliphatic hydroxyl groups is 2. The number of nitrogens with zero attached hydrogens (tertiary/aromatic N) is 2. The molecule has 9 atom stereocenters. The molecule has 0 aliphatic carbocycles. The molecule has 16 nitrogen and oxygen atoms in total. The summed E-state index contributed by atoms with van der Waals surface area (Å²) in [7, 11) is 1.46. The van der Waals surface area contributed by atoms with E-state index < -0.39 is 77.3 Å². The molecule has 4 bridgehead atoms. The van der Waals surface area contributed by atoms with Crippen LogP contribution in [0.25, 0.3) is 27.5 Å². The Kier molecular flexibility index (Phi) is 14.2. The topological polar surface area (TPSA) is 222 Å². The summed E-state index contributed by atoms with van der Waals surface area (Å²) in [5, 5.41) is 55.8. The first-order valence-electron chi connectivity index (χ1n) is 21.4. The number of imidazole rings is 1. The van der Waals surface area contributed by atoms with E-state index in [0.717, 1.165) is 31.7 Å². The molecule has 340 valence electrons. The number of benzene rings is 2. The van der Waals surface area contributed by atoms with Gasteiger partial charge in [-0.3, -0.25) is 18.8 Å². The van der Waals surface area contributed by atoms with E-state index in [1.54, 1.807) is 63.4 Å². The largest absolute Gasteiger partial charge is 0.507 e. The van der Waals surface area contributed by atoms with Crippen LogP contribution in [-0.2, 0) is 23.8 Å². The van der Waals surface area contributed by atoms with Gasteiger partial charge in [0.25, 0.3) is 11.7 Å². The molecule has 1 fully saturated rings. The Hall–Kier alpha value is -5.52. The molecule has 2 aromatic carbocycles. The summed E-state index contributed by atoms with van der Waals surface area (Å²) in [5.74, 6) is -6.96. The van der Waals surface area contributed by atoms with Crippen molar-refractivity contribution in [3.63, 3.8) is 0 Å². The Morgan fingerprint density at radius 2 is 1.60 bits per heavy atom. The molecular weight excluding hydrogens is 811 g/mol. The Bertz CT molecular complexity index is 2480. The molecule has 3 aliphatic heterocycles. The highest BCUT2D eigenvalue weighted by Gasteiger charge is 2.50. The summed E-state index contributed by atoms with van der Waals surface area (Å²) in [5.41, 5.74) is 2.18. The van der Waals surface area contributed by atoms with E-state index in [4.69, 9.17) is 23.9 Å². The number of ketones is 1. The number of carbonyl (C=O) groups is 3. The molecule has 0 unspecified atom stereocenters. The number of Topliss-reactive ketones (excluding diaryl/α,β-unsaturated/α-hetero) is 1. The number of fused-ring (bicyclic) bond motifs is 2. The van der Waals surface area contributed by atoms with Gasteiger partial charge >= 0.3 is 11.8 Å². The Morgan fingerprint density at radius 1 is 0.937 bits per heavy atom. The smallest absolute Gasteiger partial charge is 0.312 e. The second-order valence-electron chi connectivity index (χ2n) is 17.1. The Morgan fingerprint density at radius 3 is 2.22 bits per heavy atom. The van der Waals surface area contributed by atoms with Crippen molar-refractivity contribution >= 4 is 50.8 Å². The number of esters is 1. The van der Waals surface area contributed by atoms with Gasteiger partial charge in [-0.1, -0.05) is 45.9 Å². The van der Waals surface area contributed by atoms with Crippen LogP contribution in [0.4, 0.5) is 5.69 Å². The summed E-state index contributed by atoms with van der Waals surface area (Å²) in [6.45, 7) is 19.2. The number of amides is 1. The summed E-state index contributed by atoms with van der Waals surface area (Å²) in [6, 6.07) is 3.64. The number of aromatic hydroxyl groups is 2. The first-order chi connectivity index (χ1) is 29.8. The van der Waals surface area contributed by atoms with Crippen LogP contribution in [0, 0.1) is 37.5 Å². The predicted molar refractivity (Wildman–Crippen MR) is 239 cm³/mol. The molecule has 2 aromatic heterocycles. The maximum atomic E-state index is 14.6. The third-order valence-corrected chi connectivity index (χ3v) is 12.5. The quantitative estimate of drug-likeness (QED) is 0.0999. The normalized spacial score (nSPS) is 30.2. The molecule has 1 saturated heterocycles. The third kappa shape index (κ3) is 9.13. The van der Waals surface area contributed by atoms with Gasteiger partial charge in [-0.25, -0.2) is 4.98 Å². The van der Waals surface area contributed by atoms with E-state index in [-0.39, 0.29) is 55.7 Å². The van der Waals surface area contributed by atoms with Crippen molar-refractivity contribution in [1.82, 2.24) is 20.0 Å². The Balaban J connectivity index is 0.00000101. The Labute approximate surface area is 366 Å². The average molecular weight is 872 g/mol. The molecular formula is C47H61N5O11. The van der Waals surface area contributed by atoms with Crippen LogP contribution in [0.15, 0.2) is 54.5 Å². The molecule has 1 amide bonds. The number of piperazine rings is 1. The van der Waals surface area contributed by atoms with E-state index in [2.05, 4.69) is 16.0 Å². The molecule has 0 radical (unpaired) electrons. The fraction of sp³-hybridized carbons (Fsp3) is 0.489. The van der Waals surface area contributed by atoms with Gasteiger partial charge in [-0.15, -0.1) is 0 Å². The van der Waals surface area contributed by atoms with E-state index in [1.165, 1.54) is 40.2 Å². The van der Waals surface area contributed by atoms with Crippen molar-refractivity contribution in [2.75, 3.05) is 38.6 Å². The number of hydrogen-bond acceptors (Lipinski definition) is 14. The third-order valence-electron chi connectivity index (χ3n) is 12.5. The van der Waals surface area contributed by atoms with Crippen LogP contribution in [-0.4, -0.2) is 111 Å². The number of allylic oxidation sites excluding steroid dienone is 2. The minimum Gasteiger partial charge on any atom is -0.507 e. The van der Waals surface area contributed by atoms with Crippen LogP contribution in [0.2, 0.25) is 0 Å². The van der Waals surface area contributed by atoms with Gasteiger partial charge in [0.05, 0.1) is 35.5 Å². The molecule has 5 heterocycles. The number of rotatable bonds is 2. The zero-order valence-electron chi connectivity index (χ0n) is 37.6. The van der Waals surface area contributed by atoms with Crippen LogP contribution < -0.4 is 20.7 Å². The van der Waals surface area contributed by atoms with Crippen LogP contribution in [0.1, 0.15) is 70.0 Å². The van der Waals surface area contributed by atoms with Gasteiger partial charge in [-0.2, -0.15) is 0 Å².